The van der Waals surface area contributed by atoms with Gasteiger partial charge in [0.2, 0.25) is 29.6 Å². The largest absolute Gasteiger partial charge is 0.417 e. The average molecular weight is 1200 g/mol. The van der Waals surface area contributed by atoms with Crippen molar-refractivity contribution in [2.75, 3.05) is 94.4 Å². The summed E-state index contributed by atoms with van der Waals surface area (Å²) in [7, 11) is 1.96. The Kier molecular flexibility index (Phi) is 20.6. The number of anilines is 3. The number of alkyl halides is 3. The number of ether oxygens (including phenoxy) is 2. The number of likely N-dealkylation sites (tertiary alicyclic amines) is 1. The maximum atomic E-state index is 16.2. The Morgan fingerprint density at radius 2 is 1.45 bits per heavy atom. The zero-order chi connectivity index (χ0) is 61.5. The molecule has 3 aromatic carbocycles. The van der Waals surface area contributed by atoms with Crippen LogP contribution in [0.15, 0.2) is 72.5 Å². The second-order valence-corrected chi connectivity index (χ2v) is 23.9. The predicted molar refractivity (Wildman–Crippen MR) is 312 cm³/mol. The molecule has 25 heteroatoms. The van der Waals surface area contributed by atoms with E-state index < -0.39 is 76.2 Å². The molecule has 4 N–H and O–H groups in total. The van der Waals surface area contributed by atoms with Crippen molar-refractivity contribution in [1.82, 2.24) is 40.3 Å². The van der Waals surface area contributed by atoms with E-state index in [9.17, 15) is 46.6 Å². The normalized spacial score (nSPS) is 19.4. The Morgan fingerprint density at radius 1 is 0.800 bits per heavy atom. The van der Waals surface area contributed by atoms with Crippen molar-refractivity contribution in [1.29, 1.82) is 0 Å². The van der Waals surface area contributed by atoms with Gasteiger partial charge in [0.05, 0.1) is 83.6 Å². The molecule has 0 saturated carbocycles. The Bertz CT molecular complexity index is 3160. The van der Waals surface area contributed by atoms with Gasteiger partial charge in [0, 0.05) is 94.3 Å². The third-order valence-electron chi connectivity index (χ3n) is 15.8. The molecule has 19 nitrogen and oxygen atoms in total. The molecule has 5 amide bonds. The highest BCUT2D eigenvalue weighted by Crippen LogP contribution is 2.38. The van der Waals surface area contributed by atoms with Crippen LogP contribution >= 0.6 is 11.3 Å². The van der Waals surface area contributed by atoms with Gasteiger partial charge in [-0.1, -0.05) is 45.0 Å². The van der Waals surface area contributed by atoms with Crippen LogP contribution in [0.2, 0.25) is 0 Å². The number of hydrogen-bond acceptors (Lipinski definition) is 15. The van der Waals surface area contributed by atoms with Crippen LogP contribution in [0.5, 0.6) is 0 Å². The van der Waals surface area contributed by atoms with Crippen LogP contribution in [0.25, 0.3) is 21.6 Å². The number of β-amino-alcohol motifs (C(OH)–C–C–N with tert-alkyl or cyclic N) is 1. The van der Waals surface area contributed by atoms with E-state index in [-0.39, 0.29) is 105 Å². The summed E-state index contributed by atoms with van der Waals surface area (Å²) in [6, 6.07) is 9.88. The fraction of sp³-hybridized carbons (Fsp3) is 0.500. The van der Waals surface area contributed by atoms with E-state index in [2.05, 4.69) is 35.8 Å². The molecule has 8 rings (SSSR count). The topological polar surface area (TPSA) is 215 Å². The number of halogens is 5. The van der Waals surface area contributed by atoms with Gasteiger partial charge in [0.25, 0.3) is 5.91 Å². The van der Waals surface area contributed by atoms with E-state index in [4.69, 9.17) is 9.47 Å². The number of aryl methyl sites for hydroxylation is 1. The van der Waals surface area contributed by atoms with Gasteiger partial charge in [-0.15, -0.1) is 11.3 Å². The number of likely N-dealkylation sites (N-methyl/N-ethyl adjacent to an activating group) is 1. The molecular formula is C60H74F5N11O8S. The molecule has 5 heterocycles. The zero-order valence-electron chi connectivity index (χ0n) is 49.0. The van der Waals surface area contributed by atoms with Gasteiger partial charge < -0.3 is 50.1 Å². The highest BCUT2D eigenvalue weighted by atomic mass is 32.1. The van der Waals surface area contributed by atoms with Crippen LogP contribution in [0.4, 0.5) is 39.3 Å². The van der Waals surface area contributed by atoms with Crippen molar-refractivity contribution in [3.05, 3.63) is 107 Å². The van der Waals surface area contributed by atoms with Gasteiger partial charge in [-0.25, -0.2) is 23.7 Å². The maximum Gasteiger partial charge on any atom is 0.417 e. The number of nitrogens with zero attached hydrogens (tertiary/aromatic N) is 8. The summed E-state index contributed by atoms with van der Waals surface area (Å²) in [5, 5.41) is 19.1. The highest BCUT2D eigenvalue weighted by Gasteiger charge is 2.45. The molecule has 6 atom stereocenters. The molecule has 2 aromatic heterocycles. The second-order valence-electron chi connectivity index (χ2n) is 23.0. The van der Waals surface area contributed by atoms with E-state index in [1.807, 2.05) is 89.6 Å². The number of piperazine rings is 2. The molecule has 0 bridgehead atoms. The molecule has 0 aliphatic carbocycles. The zero-order valence-corrected chi connectivity index (χ0v) is 49.8. The number of benzene rings is 3. The van der Waals surface area contributed by atoms with Crippen LogP contribution in [0.1, 0.15) is 94.0 Å². The van der Waals surface area contributed by atoms with E-state index in [1.54, 1.807) is 21.7 Å². The van der Waals surface area contributed by atoms with E-state index >= 15 is 4.39 Å². The third-order valence-corrected chi connectivity index (χ3v) is 16.8. The van der Waals surface area contributed by atoms with Gasteiger partial charge in [-0.05, 0) is 81.6 Å². The molecule has 85 heavy (non-hydrogen) atoms. The lowest BCUT2D eigenvalue weighted by molar-refractivity contribution is -0.144. The quantitative estimate of drug-likeness (QED) is 0.0439. The summed E-state index contributed by atoms with van der Waals surface area (Å²) in [6.45, 7) is 16.0. The van der Waals surface area contributed by atoms with Crippen molar-refractivity contribution in [3.8, 4) is 21.6 Å². The molecule has 3 aliphatic heterocycles. The van der Waals surface area contributed by atoms with Crippen LogP contribution in [0.3, 0.4) is 0 Å². The summed E-state index contributed by atoms with van der Waals surface area (Å²) < 4.78 is 83.4. The number of nitrogens with one attached hydrogen (secondary N) is 3. The van der Waals surface area contributed by atoms with E-state index in [1.165, 1.54) is 29.4 Å². The minimum absolute atomic E-state index is 0.0129. The van der Waals surface area contributed by atoms with Crippen molar-refractivity contribution < 1.29 is 60.5 Å². The maximum absolute atomic E-state index is 16.2. The smallest absolute Gasteiger partial charge is 0.391 e. The summed E-state index contributed by atoms with van der Waals surface area (Å²) in [5.74, 6) is -4.11. The Morgan fingerprint density at radius 3 is 2.06 bits per heavy atom. The number of aliphatic hydroxyl groups excluding tert-OH is 1. The number of carbonyl (C=O) groups excluding carboxylic acids is 5. The summed E-state index contributed by atoms with van der Waals surface area (Å²) >= 11 is 1.55. The fourth-order valence-corrected chi connectivity index (χ4v) is 11.5. The minimum atomic E-state index is -5.03. The first kappa shape index (κ1) is 63.8. The van der Waals surface area contributed by atoms with E-state index in [0.29, 0.717) is 45.2 Å². The van der Waals surface area contributed by atoms with Crippen molar-refractivity contribution in [2.45, 2.75) is 110 Å². The Hall–Kier alpha value is -7.19. The summed E-state index contributed by atoms with van der Waals surface area (Å²) in [5.41, 5.74) is 2.14. The van der Waals surface area contributed by atoms with Gasteiger partial charge in [-0.2, -0.15) is 13.2 Å². The minimum Gasteiger partial charge on any atom is -0.391 e. The summed E-state index contributed by atoms with van der Waals surface area (Å²) in [4.78, 5) is 91.0. The van der Waals surface area contributed by atoms with Gasteiger partial charge in [0.1, 0.15) is 23.7 Å². The number of amides is 5. The fourth-order valence-electron chi connectivity index (χ4n) is 10.7. The van der Waals surface area contributed by atoms with Crippen molar-refractivity contribution in [3.63, 3.8) is 0 Å². The van der Waals surface area contributed by atoms with Crippen LogP contribution in [-0.4, -0.2) is 174 Å². The number of hydrogen-bond donors (Lipinski definition) is 4. The number of aromatic nitrogens is 3. The SMILES string of the molecule is Cc1ncsc1-c1ccc([C@H](C)NC(=O)[C@@H]2C[C@@H](O)CN2C(=O)[C@@H](NC(=O)CCOCCOCCC(=O)N2CCN(c3ncc(-c4cc(NC(=O)c5ccc(F)cc5C(F)(F)F)c(N5C[C@@H](C)N(C)[C@@H](C)C5)cc4F)cn3)CC2)C(C)(C)C)cc1. The van der Waals surface area contributed by atoms with Gasteiger partial charge >= 0.3 is 6.18 Å². The molecule has 3 aliphatic rings. The van der Waals surface area contributed by atoms with Crippen molar-refractivity contribution >= 4 is 58.2 Å². The molecule has 3 fully saturated rings. The average Bonchev–Trinajstić information content (AvgIpc) is 2.58. The second kappa shape index (κ2) is 27.5. The summed E-state index contributed by atoms with van der Waals surface area (Å²) in [6.07, 6.45) is -3.03. The monoisotopic (exact) mass is 1200 g/mol. The predicted octanol–water partition coefficient (Wildman–Crippen LogP) is 7.49. The number of aliphatic hydroxyl groups is 1. The van der Waals surface area contributed by atoms with Gasteiger partial charge in [0.15, 0.2) is 0 Å². The molecule has 458 valence electrons. The lowest BCUT2D eigenvalue weighted by Gasteiger charge is -2.44. The first-order valence-electron chi connectivity index (χ1n) is 28.3. The standard InChI is InChI=1S/C60H74F5N11O8S/c1-35-31-75(32-36(2)72(35)8)49-28-47(62)45(27-48(49)70-55(80)44-14-13-42(61)25-46(44)60(63,64)65)41-29-66-58(67-30-41)74-19-17-73(18-20-74)52(79)16-22-84-24-23-83-21-15-51(78)71-54(59(5,6)7)57(82)76-33-43(77)26-50(76)56(81)69-37(3)39-9-11-40(12-10-39)53-38(4)68-34-85-53/h9-14,25,27-30,34-37,43,50,54,77H,15-24,26,31-33H2,1-8H3,(H,69,81)(H,70,80)(H,71,78)/t35-,36+,37-,43+,50-,54+/m0/s1. The molecular weight excluding hydrogens is 1130 g/mol. The van der Waals surface area contributed by atoms with E-state index in [0.717, 1.165) is 33.8 Å². The first-order valence-corrected chi connectivity index (χ1v) is 29.2. The lowest BCUT2D eigenvalue weighted by atomic mass is 9.85. The lowest BCUT2D eigenvalue weighted by Crippen LogP contribution is -2.58. The Balaban J connectivity index is 0.762. The molecule has 3 saturated heterocycles. The van der Waals surface area contributed by atoms with Gasteiger partial charge in [-0.3, -0.25) is 28.9 Å². The number of thiazole rings is 1. The van der Waals surface area contributed by atoms with Crippen molar-refractivity contribution in [2.24, 2.45) is 5.41 Å². The molecule has 5 aromatic rings. The molecule has 0 spiro atoms. The van der Waals surface area contributed by atoms with Crippen LogP contribution < -0.4 is 25.8 Å². The highest BCUT2D eigenvalue weighted by molar-refractivity contribution is 7.13. The van der Waals surface area contributed by atoms with Crippen LogP contribution in [-0.2, 0) is 34.8 Å². The Labute approximate surface area is 495 Å². The first-order chi connectivity index (χ1) is 40.3. The number of carbonyl (C=O) groups is 5. The third kappa shape index (κ3) is 15.8. The molecule has 0 radical (unpaired) electrons. The van der Waals surface area contributed by atoms with Crippen LogP contribution in [0, 0.1) is 24.0 Å². The molecule has 0 unspecified atom stereocenters. The number of rotatable bonds is 20.